The van der Waals surface area contributed by atoms with Crippen molar-refractivity contribution in [3.8, 4) is 0 Å². The molecule has 4 amide bonds. The zero-order valence-corrected chi connectivity index (χ0v) is 7.90. The third-order valence-electron chi connectivity index (χ3n) is 2.24. The molecule has 0 bridgehead atoms. The lowest BCUT2D eigenvalue weighted by Gasteiger charge is -2.32. The molecule has 1 rings (SSSR count). The first-order valence-electron chi connectivity index (χ1n) is 4.09. The summed E-state index contributed by atoms with van der Waals surface area (Å²) < 4.78 is 0. The average molecular weight is 184 g/mol. The maximum Gasteiger partial charge on any atom is 0.332 e. The lowest BCUT2D eigenvalue weighted by molar-refractivity contribution is -0.147. The number of rotatable bonds is 1. The Bertz CT molecular complexity index is 251. The third kappa shape index (κ3) is 1.30. The lowest BCUT2D eigenvalue weighted by Crippen LogP contribution is -2.56. The topological polar surface area (TPSA) is 57.7 Å². The SMILES string of the molecule is CCC1C(=O)N(C)C(=O)N(C)C1=O. The van der Waals surface area contributed by atoms with Crippen molar-refractivity contribution < 1.29 is 14.4 Å². The minimum absolute atomic E-state index is 0.407. The van der Waals surface area contributed by atoms with Crippen LogP contribution in [-0.2, 0) is 9.59 Å². The Morgan fingerprint density at radius 1 is 1.08 bits per heavy atom. The molecule has 0 spiro atoms. The first-order valence-corrected chi connectivity index (χ1v) is 4.09. The number of imide groups is 2. The number of barbiturate groups is 1. The summed E-state index contributed by atoms with van der Waals surface area (Å²) in [5, 5.41) is 0. The summed E-state index contributed by atoms with van der Waals surface area (Å²) in [4.78, 5) is 35.9. The van der Waals surface area contributed by atoms with Gasteiger partial charge in [-0.25, -0.2) is 4.79 Å². The van der Waals surface area contributed by atoms with Gasteiger partial charge >= 0.3 is 6.03 Å². The van der Waals surface area contributed by atoms with Crippen LogP contribution in [-0.4, -0.2) is 41.7 Å². The maximum absolute atomic E-state index is 11.4. The van der Waals surface area contributed by atoms with Gasteiger partial charge in [-0.05, 0) is 6.42 Å². The van der Waals surface area contributed by atoms with Crippen molar-refractivity contribution in [2.24, 2.45) is 5.92 Å². The minimum Gasteiger partial charge on any atom is -0.273 e. The summed E-state index contributed by atoms with van der Waals surface area (Å²) in [6.45, 7) is 1.75. The molecule has 0 aromatic heterocycles. The van der Waals surface area contributed by atoms with E-state index in [0.29, 0.717) is 6.42 Å². The molecule has 5 heteroatoms. The van der Waals surface area contributed by atoms with Gasteiger partial charge in [0.15, 0.2) is 0 Å². The van der Waals surface area contributed by atoms with Crippen molar-refractivity contribution >= 4 is 17.8 Å². The predicted octanol–water partition coefficient (Wildman–Crippen LogP) is 0.0630. The van der Waals surface area contributed by atoms with Crippen LogP contribution in [0.15, 0.2) is 0 Å². The number of hydrogen-bond acceptors (Lipinski definition) is 3. The van der Waals surface area contributed by atoms with Gasteiger partial charge in [0, 0.05) is 14.1 Å². The first-order chi connectivity index (χ1) is 6.00. The molecular weight excluding hydrogens is 172 g/mol. The van der Waals surface area contributed by atoms with Crippen molar-refractivity contribution in [2.45, 2.75) is 13.3 Å². The summed E-state index contributed by atoms with van der Waals surface area (Å²) in [7, 11) is 2.77. The van der Waals surface area contributed by atoms with E-state index in [1.54, 1.807) is 6.92 Å². The number of hydrogen-bond donors (Lipinski definition) is 0. The van der Waals surface area contributed by atoms with E-state index in [1.807, 2.05) is 0 Å². The van der Waals surface area contributed by atoms with E-state index in [-0.39, 0.29) is 0 Å². The second kappa shape index (κ2) is 3.16. The van der Waals surface area contributed by atoms with Crippen molar-refractivity contribution in [1.82, 2.24) is 9.80 Å². The van der Waals surface area contributed by atoms with Gasteiger partial charge in [-0.2, -0.15) is 0 Å². The first kappa shape index (κ1) is 9.70. The van der Waals surface area contributed by atoms with Crippen LogP contribution in [0.1, 0.15) is 13.3 Å². The summed E-state index contributed by atoms with van der Waals surface area (Å²) in [6.07, 6.45) is 0.430. The van der Waals surface area contributed by atoms with Crippen molar-refractivity contribution in [2.75, 3.05) is 14.1 Å². The Hall–Kier alpha value is -1.39. The molecule has 1 aliphatic heterocycles. The highest BCUT2D eigenvalue weighted by atomic mass is 16.2. The van der Waals surface area contributed by atoms with E-state index >= 15 is 0 Å². The van der Waals surface area contributed by atoms with Crippen LogP contribution in [0.3, 0.4) is 0 Å². The number of nitrogens with zero attached hydrogens (tertiary/aromatic N) is 2. The number of carbonyl (C=O) groups excluding carboxylic acids is 3. The molecule has 13 heavy (non-hydrogen) atoms. The zero-order valence-electron chi connectivity index (χ0n) is 7.90. The van der Waals surface area contributed by atoms with Gasteiger partial charge in [0.05, 0.1) is 0 Å². The van der Waals surface area contributed by atoms with Crippen molar-refractivity contribution in [1.29, 1.82) is 0 Å². The van der Waals surface area contributed by atoms with Gasteiger partial charge in [-0.3, -0.25) is 19.4 Å². The van der Waals surface area contributed by atoms with Crippen LogP contribution in [0.4, 0.5) is 4.79 Å². The molecule has 1 heterocycles. The predicted molar refractivity (Wildman–Crippen MR) is 44.7 cm³/mol. The molecule has 0 radical (unpaired) electrons. The van der Waals surface area contributed by atoms with Crippen LogP contribution < -0.4 is 0 Å². The summed E-state index contributed by atoms with van der Waals surface area (Å²) in [5.41, 5.74) is 0. The quantitative estimate of drug-likeness (QED) is 0.541. The Morgan fingerprint density at radius 3 is 1.77 bits per heavy atom. The average Bonchev–Trinajstić information content (AvgIpc) is 2.13. The van der Waals surface area contributed by atoms with Crippen LogP contribution in [0.5, 0.6) is 0 Å². The standard InChI is InChI=1S/C8H12N2O3/c1-4-5-6(11)9(2)8(13)10(3)7(5)12/h5H,4H2,1-3H3. The summed E-state index contributed by atoms with van der Waals surface area (Å²) in [5.74, 6) is -1.50. The number of carbonyl (C=O) groups is 3. The van der Waals surface area contributed by atoms with E-state index in [9.17, 15) is 14.4 Å². The highest BCUT2D eigenvalue weighted by molar-refractivity contribution is 6.15. The van der Waals surface area contributed by atoms with E-state index in [4.69, 9.17) is 0 Å². The molecule has 0 saturated carbocycles. The van der Waals surface area contributed by atoms with Crippen LogP contribution >= 0.6 is 0 Å². The number of amides is 4. The lowest BCUT2D eigenvalue weighted by atomic mass is 10.0. The van der Waals surface area contributed by atoms with E-state index in [0.717, 1.165) is 9.80 Å². The summed E-state index contributed by atoms with van der Waals surface area (Å²) >= 11 is 0. The molecule has 0 N–H and O–H groups in total. The fraction of sp³-hybridized carbons (Fsp3) is 0.625. The third-order valence-corrected chi connectivity index (χ3v) is 2.24. The molecule has 1 saturated heterocycles. The largest absolute Gasteiger partial charge is 0.332 e. The fourth-order valence-electron chi connectivity index (χ4n) is 1.34. The zero-order chi connectivity index (χ0) is 10.2. The van der Waals surface area contributed by atoms with Gasteiger partial charge in [0.2, 0.25) is 11.8 Å². The smallest absolute Gasteiger partial charge is 0.273 e. The van der Waals surface area contributed by atoms with Crippen molar-refractivity contribution in [3.05, 3.63) is 0 Å². The van der Waals surface area contributed by atoms with Gasteiger partial charge in [-0.15, -0.1) is 0 Å². The van der Waals surface area contributed by atoms with Crippen LogP contribution in [0.25, 0.3) is 0 Å². The molecule has 0 aromatic carbocycles. The van der Waals surface area contributed by atoms with Gasteiger partial charge < -0.3 is 0 Å². The summed E-state index contributed by atoms with van der Waals surface area (Å²) in [6, 6.07) is -0.556. The molecule has 0 unspecified atom stereocenters. The van der Waals surface area contributed by atoms with E-state index < -0.39 is 23.8 Å². The molecular formula is C8H12N2O3. The Balaban J connectivity index is 2.99. The Morgan fingerprint density at radius 2 is 1.46 bits per heavy atom. The molecule has 0 aliphatic carbocycles. The second-order valence-corrected chi connectivity index (χ2v) is 3.04. The van der Waals surface area contributed by atoms with E-state index in [1.165, 1.54) is 14.1 Å². The highest BCUT2D eigenvalue weighted by Gasteiger charge is 2.40. The van der Waals surface area contributed by atoms with Crippen molar-refractivity contribution in [3.63, 3.8) is 0 Å². The molecule has 5 nitrogen and oxygen atoms in total. The molecule has 0 aromatic rings. The Labute approximate surface area is 76.3 Å². The molecule has 1 aliphatic rings. The molecule has 1 fully saturated rings. The van der Waals surface area contributed by atoms with Crippen LogP contribution in [0, 0.1) is 5.92 Å². The monoisotopic (exact) mass is 184 g/mol. The number of urea groups is 1. The normalized spacial score (nSPS) is 20.1. The fourth-order valence-corrected chi connectivity index (χ4v) is 1.34. The second-order valence-electron chi connectivity index (χ2n) is 3.04. The van der Waals surface area contributed by atoms with Crippen LogP contribution in [0.2, 0.25) is 0 Å². The molecule has 0 atom stereocenters. The maximum atomic E-state index is 11.4. The minimum atomic E-state index is -0.687. The van der Waals surface area contributed by atoms with Gasteiger partial charge in [0.1, 0.15) is 5.92 Å². The van der Waals surface area contributed by atoms with Gasteiger partial charge in [-0.1, -0.05) is 6.92 Å². The Kier molecular flexibility index (Phi) is 2.36. The van der Waals surface area contributed by atoms with Gasteiger partial charge in [0.25, 0.3) is 0 Å². The molecule has 72 valence electrons. The van der Waals surface area contributed by atoms with E-state index in [2.05, 4.69) is 0 Å². The highest BCUT2D eigenvalue weighted by Crippen LogP contribution is 2.17.